The maximum atomic E-state index is 12.7. The second-order valence-corrected chi connectivity index (χ2v) is 8.42. The fraction of sp³-hybridized carbons (Fsp3) is 0.280. The fourth-order valence-electron chi connectivity index (χ4n) is 4.83. The van der Waals surface area contributed by atoms with Crippen LogP contribution in [0, 0.1) is 0 Å². The average molecular weight is 461 g/mol. The molecular formula is C25H23N3O6. The zero-order chi connectivity index (χ0) is 23.7. The second-order valence-electron chi connectivity index (χ2n) is 8.42. The smallest absolute Gasteiger partial charge is 0.414 e. The lowest BCUT2D eigenvalue weighted by Crippen LogP contribution is -2.37. The van der Waals surface area contributed by atoms with Crippen molar-refractivity contribution >= 4 is 23.9 Å². The first-order chi connectivity index (χ1) is 16.5. The van der Waals surface area contributed by atoms with Crippen LogP contribution in [-0.2, 0) is 9.53 Å². The molecule has 9 nitrogen and oxygen atoms in total. The first kappa shape index (κ1) is 21.7. The summed E-state index contributed by atoms with van der Waals surface area (Å²) in [6, 6.07) is 17.0. The van der Waals surface area contributed by atoms with Crippen LogP contribution < -0.4 is 5.32 Å². The van der Waals surface area contributed by atoms with E-state index in [2.05, 4.69) is 22.6 Å². The van der Waals surface area contributed by atoms with Crippen molar-refractivity contribution < 1.29 is 28.8 Å². The van der Waals surface area contributed by atoms with E-state index in [1.54, 1.807) is 0 Å². The first-order valence-electron chi connectivity index (χ1n) is 11.1. The highest BCUT2D eigenvalue weighted by Crippen LogP contribution is 2.44. The highest BCUT2D eigenvalue weighted by atomic mass is 16.6. The maximum Gasteiger partial charge on any atom is 0.414 e. The van der Waals surface area contributed by atoms with Gasteiger partial charge in [-0.2, -0.15) is 0 Å². The number of carbonyl (C=O) groups excluding carboxylic acids is 2. The Labute approximate surface area is 195 Å². The lowest BCUT2D eigenvalue weighted by atomic mass is 9.98. The number of benzene rings is 2. The standard InChI is InChI=1S/C25H23N3O6/c29-23(30)12-15-6-5-11-28(15)24(31)21-13-22(34-27-21)26-25(32)33-14-20-18-9-3-1-7-16(18)17-8-2-4-10-19(17)20/h1-4,7-10,13,15,20H,5-6,11-12,14H2,(H,26,32)(H,29,30)/t15-/m1/s1. The van der Waals surface area contributed by atoms with Gasteiger partial charge in [-0.15, -0.1) is 0 Å². The molecule has 174 valence electrons. The number of hydrogen-bond acceptors (Lipinski definition) is 6. The van der Waals surface area contributed by atoms with Crippen molar-refractivity contribution in [3.63, 3.8) is 0 Å². The zero-order valence-electron chi connectivity index (χ0n) is 18.3. The highest BCUT2D eigenvalue weighted by molar-refractivity contribution is 5.94. The monoisotopic (exact) mass is 461 g/mol. The Morgan fingerprint density at radius 1 is 1.09 bits per heavy atom. The number of aliphatic carboxylic acids is 1. The van der Waals surface area contributed by atoms with E-state index < -0.39 is 18.0 Å². The van der Waals surface area contributed by atoms with Crippen LogP contribution in [0.5, 0.6) is 0 Å². The normalized spacial score (nSPS) is 16.7. The van der Waals surface area contributed by atoms with Gasteiger partial charge >= 0.3 is 12.1 Å². The van der Waals surface area contributed by atoms with Crippen LogP contribution in [0.15, 0.2) is 59.1 Å². The van der Waals surface area contributed by atoms with Gasteiger partial charge in [0.05, 0.1) is 6.42 Å². The number of nitrogens with zero attached hydrogens (tertiary/aromatic N) is 2. The van der Waals surface area contributed by atoms with Crippen molar-refractivity contribution in [3.8, 4) is 11.1 Å². The molecule has 1 aromatic heterocycles. The van der Waals surface area contributed by atoms with Crippen LogP contribution in [0.4, 0.5) is 10.7 Å². The lowest BCUT2D eigenvalue weighted by molar-refractivity contribution is -0.137. The molecule has 0 unspecified atom stereocenters. The summed E-state index contributed by atoms with van der Waals surface area (Å²) in [6.45, 7) is 0.600. The predicted octanol–water partition coefficient (Wildman–Crippen LogP) is 4.11. The number of hydrogen-bond donors (Lipinski definition) is 2. The Hall–Kier alpha value is -4.14. The number of rotatable bonds is 6. The molecule has 1 aliphatic heterocycles. The number of nitrogens with one attached hydrogen (secondary N) is 1. The van der Waals surface area contributed by atoms with Crippen molar-refractivity contribution in [3.05, 3.63) is 71.4 Å². The van der Waals surface area contributed by atoms with Gasteiger partial charge in [0.2, 0.25) is 5.88 Å². The number of fused-ring (bicyclic) bond motifs is 3. The number of anilines is 1. The number of ether oxygens (including phenoxy) is 1. The number of aromatic nitrogens is 1. The molecule has 9 heteroatoms. The summed E-state index contributed by atoms with van der Waals surface area (Å²) in [5, 5.41) is 15.3. The molecule has 1 fully saturated rings. The molecule has 0 saturated carbocycles. The van der Waals surface area contributed by atoms with E-state index in [1.165, 1.54) is 11.0 Å². The Bertz CT molecular complexity index is 1210. The molecule has 2 heterocycles. The van der Waals surface area contributed by atoms with Crippen molar-refractivity contribution in [2.45, 2.75) is 31.2 Å². The summed E-state index contributed by atoms with van der Waals surface area (Å²) < 4.78 is 10.6. The number of carboxylic acid groups (broad SMARTS) is 1. The fourth-order valence-corrected chi connectivity index (χ4v) is 4.83. The summed E-state index contributed by atoms with van der Waals surface area (Å²) in [4.78, 5) is 37.7. The van der Waals surface area contributed by atoms with Crippen LogP contribution in [0.2, 0.25) is 0 Å². The number of carboxylic acids is 1. The SMILES string of the molecule is O=C(O)C[C@H]1CCCN1C(=O)c1cc(NC(=O)OCC2c3ccccc3-c3ccccc32)on1. The maximum absolute atomic E-state index is 12.7. The molecule has 0 bridgehead atoms. The van der Waals surface area contributed by atoms with Gasteiger partial charge in [-0.05, 0) is 35.1 Å². The molecule has 3 aromatic rings. The quantitative estimate of drug-likeness (QED) is 0.566. The summed E-state index contributed by atoms with van der Waals surface area (Å²) in [7, 11) is 0. The highest BCUT2D eigenvalue weighted by Gasteiger charge is 2.33. The Morgan fingerprint density at radius 3 is 2.44 bits per heavy atom. The predicted molar refractivity (Wildman–Crippen MR) is 122 cm³/mol. The summed E-state index contributed by atoms with van der Waals surface area (Å²) >= 11 is 0. The molecule has 2 aromatic carbocycles. The lowest BCUT2D eigenvalue weighted by Gasteiger charge is -2.22. The van der Waals surface area contributed by atoms with Crippen LogP contribution in [-0.4, -0.2) is 52.3 Å². The first-order valence-corrected chi connectivity index (χ1v) is 11.1. The van der Waals surface area contributed by atoms with E-state index in [1.807, 2.05) is 36.4 Å². The van der Waals surface area contributed by atoms with E-state index in [9.17, 15) is 14.4 Å². The van der Waals surface area contributed by atoms with Gasteiger partial charge in [0.1, 0.15) is 6.61 Å². The van der Waals surface area contributed by atoms with Crippen molar-refractivity contribution in [2.75, 3.05) is 18.5 Å². The third kappa shape index (κ3) is 4.12. The molecule has 2 aliphatic rings. The molecule has 1 atom stereocenters. The van der Waals surface area contributed by atoms with Crippen molar-refractivity contribution in [1.29, 1.82) is 0 Å². The third-order valence-corrected chi connectivity index (χ3v) is 6.35. The minimum absolute atomic E-state index is 0.00577. The van der Waals surface area contributed by atoms with Crippen molar-refractivity contribution in [1.82, 2.24) is 10.1 Å². The Balaban J connectivity index is 1.21. The second kappa shape index (κ2) is 9.01. The van der Waals surface area contributed by atoms with Crippen LogP contribution >= 0.6 is 0 Å². The molecule has 2 amide bonds. The van der Waals surface area contributed by atoms with E-state index in [0.717, 1.165) is 28.7 Å². The third-order valence-electron chi connectivity index (χ3n) is 6.35. The van der Waals surface area contributed by atoms with Gasteiger partial charge in [-0.3, -0.25) is 14.9 Å². The Kier molecular flexibility index (Phi) is 5.75. The van der Waals surface area contributed by atoms with Gasteiger partial charge in [0, 0.05) is 24.6 Å². The zero-order valence-corrected chi connectivity index (χ0v) is 18.3. The van der Waals surface area contributed by atoms with Gasteiger partial charge in [-0.25, -0.2) is 4.79 Å². The van der Waals surface area contributed by atoms with Crippen LogP contribution in [0.1, 0.15) is 46.8 Å². The minimum atomic E-state index is -0.956. The average Bonchev–Trinajstić information content (AvgIpc) is 3.55. The van der Waals surface area contributed by atoms with Crippen molar-refractivity contribution in [2.24, 2.45) is 0 Å². The van der Waals surface area contributed by atoms with E-state index in [0.29, 0.717) is 13.0 Å². The summed E-state index contributed by atoms with van der Waals surface area (Å²) in [5.74, 6) is -1.48. The summed E-state index contributed by atoms with van der Waals surface area (Å²) in [5.41, 5.74) is 4.48. The van der Waals surface area contributed by atoms with E-state index in [4.69, 9.17) is 14.4 Å². The van der Waals surface area contributed by atoms with Gasteiger partial charge < -0.3 is 19.3 Å². The molecule has 1 saturated heterocycles. The van der Waals surface area contributed by atoms with Crippen LogP contribution in [0.3, 0.4) is 0 Å². The molecule has 34 heavy (non-hydrogen) atoms. The molecule has 0 radical (unpaired) electrons. The van der Waals surface area contributed by atoms with E-state index in [-0.39, 0.29) is 36.6 Å². The topological polar surface area (TPSA) is 122 Å². The number of likely N-dealkylation sites (tertiary alicyclic amines) is 1. The molecule has 0 spiro atoms. The molecule has 2 N–H and O–H groups in total. The summed E-state index contributed by atoms with van der Waals surface area (Å²) in [6.07, 6.45) is 0.517. The minimum Gasteiger partial charge on any atom is -0.481 e. The number of carbonyl (C=O) groups is 3. The Morgan fingerprint density at radius 2 is 1.76 bits per heavy atom. The van der Waals surface area contributed by atoms with Gasteiger partial charge in [-0.1, -0.05) is 53.7 Å². The van der Waals surface area contributed by atoms with E-state index >= 15 is 0 Å². The number of amides is 2. The van der Waals surface area contributed by atoms with Gasteiger partial charge in [0.25, 0.3) is 5.91 Å². The largest absolute Gasteiger partial charge is 0.481 e. The molecule has 5 rings (SSSR count). The molecular weight excluding hydrogens is 438 g/mol. The van der Waals surface area contributed by atoms with Crippen LogP contribution in [0.25, 0.3) is 11.1 Å². The molecule has 1 aliphatic carbocycles. The van der Waals surface area contributed by atoms with Gasteiger partial charge in [0.15, 0.2) is 5.69 Å².